The van der Waals surface area contributed by atoms with Crippen molar-refractivity contribution in [1.82, 2.24) is 5.32 Å². The quantitative estimate of drug-likeness (QED) is 0.330. The molecular weight excluding hydrogens is 344 g/mol. The first kappa shape index (κ1) is 20.0. The number of hydrogen-bond donors (Lipinski definition) is 1. The third kappa shape index (κ3) is 5.58. The monoisotopic (exact) mass is 366 g/mol. The molecule has 0 radical (unpaired) electrons. The van der Waals surface area contributed by atoms with Gasteiger partial charge in [-0.3, -0.25) is 4.79 Å². The maximum atomic E-state index is 12.0. The van der Waals surface area contributed by atoms with Gasteiger partial charge in [-0.15, -0.1) is 0 Å². The molecule has 0 spiro atoms. The molecule has 0 aliphatic heterocycles. The van der Waals surface area contributed by atoms with E-state index in [-0.39, 0.29) is 11.5 Å². The van der Waals surface area contributed by atoms with Gasteiger partial charge >= 0.3 is 5.97 Å². The highest BCUT2D eigenvalue weighted by Gasteiger charge is 2.11. The summed E-state index contributed by atoms with van der Waals surface area (Å²) in [6, 6.07) is 12.1. The normalized spacial score (nSPS) is 10.9. The average Bonchev–Trinajstić information content (AvgIpc) is 3.15. The average molecular weight is 366 g/mol. The molecule has 0 aliphatic rings. The molecule has 1 N–H and O–H groups in total. The van der Waals surface area contributed by atoms with Crippen molar-refractivity contribution >= 4 is 18.0 Å². The van der Waals surface area contributed by atoms with Crippen LogP contribution >= 0.6 is 0 Å². The second kappa shape index (κ2) is 9.97. The van der Waals surface area contributed by atoms with Crippen LogP contribution in [-0.4, -0.2) is 25.0 Å². The number of ether oxygens (including phenoxy) is 1. The van der Waals surface area contributed by atoms with E-state index in [9.17, 15) is 14.9 Å². The minimum atomic E-state index is -0.414. The Balaban J connectivity index is 2.12. The van der Waals surface area contributed by atoms with Crippen LogP contribution in [0.15, 0.2) is 46.4 Å². The highest BCUT2D eigenvalue weighted by Crippen LogP contribution is 2.24. The van der Waals surface area contributed by atoms with E-state index in [2.05, 4.69) is 5.32 Å². The molecule has 0 atom stereocenters. The zero-order chi connectivity index (χ0) is 19.6. The Morgan fingerprint density at radius 2 is 1.93 bits per heavy atom. The van der Waals surface area contributed by atoms with E-state index >= 15 is 0 Å². The third-order valence-corrected chi connectivity index (χ3v) is 3.77. The Hall–Kier alpha value is -3.33. The fourth-order valence-corrected chi connectivity index (χ4v) is 2.34. The second-order valence-corrected chi connectivity index (χ2v) is 5.78. The molecule has 2 rings (SSSR count). The predicted molar refractivity (Wildman–Crippen MR) is 102 cm³/mol. The molecule has 1 aromatic heterocycles. The van der Waals surface area contributed by atoms with Crippen molar-refractivity contribution in [2.24, 2.45) is 0 Å². The van der Waals surface area contributed by atoms with Gasteiger partial charge in [-0.2, -0.15) is 5.26 Å². The number of rotatable bonds is 8. The maximum Gasteiger partial charge on any atom is 0.338 e. The SMILES string of the molecule is CCCCNC(=O)/C(C#N)=C/c1ccc(-c2ccc(C(=O)OCC)cc2)o1. The van der Waals surface area contributed by atoms with Crippen molar-refractivity contribution < 1.29 is 18.7 Å². The zero-order valence-corrected chi connectivity index (χ0v) is 15.5. The van der Waals surface area contributed by atoms with Gasteiger partial charge < -0.3 is 14.5 Å². The molecule has 1 heterocycles. The fraction of sp³-hybridized carbons (Fsp3) is 0.286. The van der Waals surface area contributed by atoms with Gasteiger partial charge in [0, 0.05) is 18.2 Å². The topological polar surface area (TPSA) is 92.3 Å². The van der Waals surface area contributed by atoms with Gasteiger partial charge in [-0.1, -0.05) is 25.5 Å². The third-order valence-electron chi connectivity index (χ3n) is 3.77. The molecule has 0 aliphatic carbocycles. The molecule has 0 saturated heterocycles. The summed E-state index contributed by atoms with van der Waals surface area (Å²) in [7, 11) is 0. The number of nitrogens with one attached hydrogen (secondary N) is 1. The summed E-state index contributed by atoms with van der Waals surface area (Å²) in [6.07, 6.45) is 3.23. The largest absolute Gasteiger partial charge is 0.462 e. The van der Waals surface area contributed by atoms with Crippen LogP contribution in [0.1, 0.15) is 42.8 Å². The summed E-state index contributed by atoms with van der Waals surface area (Å²) in [4.78, 5) is 23.7. The van der Waals surface area contributed by atoms with Gasteiger partial charge in [0.15, 0.2) is 0 Å². The molecule has 0 unspecified atom stereocenters. The molecule has 0 saturated carbocycles. The number of benzene rings is 1. The summed E-state index contributed by atoms with van der Waals surface area (Å²) < 4.78 is 10.7. The minimum absolute atomic E-state index is 0.00957. The van der Waals surface area contributed by atoms with Gasteiger partial charge in [0.1, 0.15) is 23.2 Å². The first-order chi connectivity index (χ1) is 13.1. The Bertz CT molecular complexity index is 857. The number of furan rings is 1. The van der Waals surface area contributed by atoms with Gasteiger partial charge in [0.2, 0.25) is 0 Å². The Morgan fingerprint density at radius 3 is 2.56 bits per heavy atom. The van der Waals surface area contributed by atoms with Crippen LogP contribution in [0.25, 0.3) is 17.4 Å². The van der Waals surface area contributed by atoms with Crippen molar-refractivity contribution in [3.63, 3.8) is 0 Å². The van der Waals surface area contributed by atoms with Crippen LogP contribution < -0.4 is 5.32 Å². The van der Waals surface area contributed by atoms with E-state index < -0.39 is 5.91 Å². The van der Waals surface area contributed by atoms with E-state index in [0.29, 0.717) is 30.2 Å². The number of hydrogen-bond acceptors (Lipinski definition) is 5. The van der Waals surface area contributed by atoms with Crippen LogP contribution in [0.3, 0.4) is 0 Å². The lowest BCUT2D eigenvalue weighted by atomic mass is 10.1. The number of unbranched alkanes of at least 4 members (excludes halogenated alkanes) is 1. The van der Waals surface area contributed by atoms with E-state index in [4.69, 9.17) is 9.15 Å². The second-order valence-electron chi connectivity index (χ2n) is 5.78. The van der Waals surface area contributed by atoms with Crippen LogP contribution in [0.2, 0.25) is 0 Å². The number of carbonyl (C=O) groups excluding carboxylic acids is 2. The van der Waals surface area contributed by atoms with E-state index in [0.717, 1.165) is 18.4 Å². The molecule has 140 valence electrons. The van der Waals surface area contributed by atoms with Gasteiger partial charge in [0.25, 0.3) is 5.91 Å². The van der Waals surface area contributed by atoms with Crippen LogP contribution in [-0.2, 0) is 9.53 Å². The smallest absolute Gasteiger partial charge is 0.338 e. The molecule has 6 heteroatoms. The molecule has 2 aromatic rings. The fourth-order valence-electron chi connectivity index (χ4n) is 2.34. The molecule has 6 nitrogen and oxygen atoms in total. The summed E-state index contributed by atoms with van der Waals surface area (Å²) >= 11 is 0. The molecule has 0 fully saturated rings. The minimum Gasteiger partial charge on any atom is -0.462 e. The first-order valence-electron chi connectivity index (χ1n) is 8.86. The molecule has 0 bridgehead atoms. The lowest BCUT2D eigenvalue weighted by Gasteiger charge is -2.03. The van der Waals surface area contributed by atoms with E-state index in [1.807, 2.05) is 13.0 Å². The Kier molecular flexibility index (Phi) is 7.38. The van der Waals surface area contributed by atoms with E-state index in [1.54, 1.807) is 43.3 Å². The van der Waals surface area contributed by atoms with Crippen molar-refractivity contribution in [3.8, 4) is 17.4 Å². The van der Waals surface area contributed by atoms with Gasteiger partial charge in [0.05, 0.1) is 12.2 Å². The van der Waals surface area contributed by atoms with Crippen molar-refractivity contribution in [1.29, 1.82) is 5.26 Å². The zero-order valence-electron chi connectivity index (χ0n) is 15.5. The highest BCUT2D eigenvalue weighted by atomic mass is 16.5. The molecule has 1 aromatic carbocycles. The predicted octanol–water partition coefficient (Wildman–Crippen LogP) is 3.95. The lowest BCUT2D eigenvalue weighted by Crippen LogP contribution is -2.25. The highest BCUT2D eigenvalue weighted by molar-refractivity contribution is 6.01. The summed E-state index contributed by atoms with van der Waals surface area (Å²) in [5.41, 5.74) is 1.22. The number of nitriles is 1. The van der Waals surface area contributed by atoms with Crippen LogP contribution in [0.5, 0.6) is 0 Å². The summed E-state index contributed by atoms with van der Waals surface area (Å²) in [5.74, 6) is 0.185. The standard InChI is InChI=1S/C21H22N2O4/c1-3-5-12-23-20(24)17(14-22)13-18-10-11-19(27-18)15-6-8-16(9-7-15)21(25)26-4-2/h6-11,13H,3-5,12H2,1-2H3,(H,23,24)/b17-13+. The number of esters is 1. The lowest BCUT2D eigenvalue weighted by molar-refractivity contribution is -0.117. The summed E-state index contributed by atoms with van der Waals surface area (Å²) in [6.45, 7) is 4.63. The first-order valence-corrected chi connectivity index (χ1v) is 8.86. The molecule has 1 amide bonds. The number of amides is 1. The van der Waals surface area contributed by atoms with Crippen molar-refractivity contribution in [2.75, 3.05) is 13.2 Å². The van der Waals surface area contributed by atoms with Crippen LogP contribution in [0.4, 0.5) is 0 Å². The van der Waals surface area contributed by atoms with Gasteiger partial charge in [-0.05, 0) is 37.6 Å². The number of nitrogens with zero attached hydrogens (tertiary/aromatic N) is 1. The van der Waals surface area contributed by atoms with Crippen LogP contribution in [0, 0.1) is 11.3 Å². The molecule has 27 heavy (non-hydrogen) atoms. The Labute approximate surface area is 158 Å². The number of carbonyl (C=O) groups is 2. The van der Waals surface area contributed by atoms with Crippen molar-refractivity contribution in [3.05, 3.63) is 53.3 Å². The Morgan fingerprint density at radius 1 is 1.19 bits per heavy atom. The molecular formula is C21H22N2O4. The van der Waals surface area contributed by atoms with Crippen molar-refractivity contribution in [2.45, 2.75) is 26.7 Å². The van der Waals surface area contributed by atoms with Gasteiger partial charge in [-0.25, -0.2) is 4.79 Å². The van der Waals surface area contributed by atoms with E-state index in [1.165, 1.54) is 6.08 Å². The summed E-state index contributed by atoms with van der Waals surface area (Å²) in [5, 5.41) is 11.9. The maximum absolute atomic E-state index is 12.0.